The molecule has 0 heterocycles. The molecule has 1 rings (SSSR count). The first-order valence-corrected chi connectivity index (χ1v) is 3.90. The molecule has 1 aliphatic rings. The van der Waals surface area contributed by atoms with Crippen LogP contribution in [0.25, 0.3) is 0 Å². The Balaban J connectivity index is 2.41. The molecule has 0 saturated heterocycles. The number of hydrogen-bond acceptors (Lipinski definition) is 3. The molecule has 0 amide bonds. The maximum atomic E-state index is 9.50. The molecule has 0 aliphatic heterocycles. The number of hydroxylamine groups is 1. The summed E-state index contributed by atoms with van der Waals surface area (Å²) in [6, 6.07) is 0. The molecule has 1 aliphatic carbocycles. The van der Waals surface area contributed by atoms with Gasteiger partial charge in [0.25, 0.3) is 0 Å². The average Bonchev–Trinajstić information content (AvgIpc) is 2.15. The molecule has 0 bridgehead atoms. The van der Waals surface area contributed by atoms with Crippen LogP contribution in [0.3, 0.4) is 0 Å². The third kappa shape index (κ3) is 1.94. The lowest BCUT2D eigenvalue weighted by molar-refractivity contribution is -0.102. The normalized spacial score (nSPS) is 25.8. The quantitative estimate of drug-likeness (QED) is 0.293. The van der Waals surface area contributed by atoms with E-state index in [2.05, 4.69) is 0 Å². The van der Waals surface area contributed by atoms with E-state index in [4.69, 9.17) is 5.21 Å². The van der Waals surface area contributed by atoms with Gasteiger partial charge in [-0.3, -0.25) is 0 Å². The van der Waals surface area contributed by atoms with Gasteiger partial charge in [-0.1, -0.05) is 12.8 Å². The molecule has 10 heavy (non-hydrogen) atoms. The minimum absolute atomic E-state index is 0.670. The summed E-state index contributed by atoms with van der Waals surface area (Å²) in [6.45, 7) is 0. The molecule has 0 unspecified atom stereocenters. The molecule has 0 atom stereocenters. The maximum Gasteiger partial charge on any atom is 0.137 e. The van der Waals surface area contributed by atoms with Crippen molar-refractivity contribution in [3.63, 3.8) is 0 Å². The van der Waals surface area contributed by atoms with Crippen LogP contribution < -0.4 is 5.48 Å². The van der Waals surface area contributed by atoms with Gasteiger partial charge in [-0.25, -0.2) is 0 Å². The van der Waals surface area contributed by atoms with Gasteiger partial charge in [-0.05, 0) is 25.7 Å². The Hall–Kier alpha value is -0.120. The van der Waals surface area contributed by atoms with Crippen molar-refractivity contribution in [2.24, 2.45) is 0 Å². The first-order chi connectivity index (χ1) is 4.77. The Morgan fingerprint density at radius 1 is 1.00 bits per heavy atom. The summed E-state index contributed by atoms with van der Waals surface area (Å²) < 4.78 is 0. The zero-order valence-corrected chi connectivity index (χ0v) is 6.14. The Morgan fingerprint density at radius 2 is 1.50 bits per heavy atom. The van der Waals surface area contributed by atoms with Gasteiger partial charge in [0.15, 0.2) is 0 Å². The van der Waals surface area contributed by atoms with Gasteiger partial charge in [0.2, 0.25) is 0 Å². The van der Waals surface area contributed by atoms with Crippen LogP contribution in [0.15, 0.2) is 0 Å². The highest BCUT2D eigenvalue weighted by molar-refractivity contribution is 4.74. The predicted octanol–water partition coefficient (Wildman–Crippen LogP) is 1.01. The van der Waals surface area contributed by atoms with Crippen molar-refractivity contribution in [3.05, 3.63) is 0 Å². The fourth-order valence-electron chi connectivity index (χ4n) is 1.43. The second-order valence-electron chi connectivity index (χ2n) is 3.06. The van der Waals surface area contributed by atoms with E-state index in [0.717, 1.165) is 12.8 Å². The molecule has 1 fully saturated rings. The van der Waals surface area contributed by atoms with Gasteiger partial charge in [0.05, 0.1) is 0 Å². The highest BCUT2D eigenvalue weighted by Crippen LogP contribution is 2.23. The molecule has 3 heteroatoms. The van der Waals surface area contributed by atoms with Crippen molar-refractivity contribution in [2.45, 2.75) is 44.2 Å². The molecule has 0 aromatic carbocycles. The maximum absolute atomic E-state index is 9.50. The first kappa shape index (κ1) is 7.98. The predicted molar refractivity (Wildman–Crippen MR) is 37.6 cm³/mol. The van der Waals surface area contributed by atoms with Crippen molar-refractivity contribution in [1.82, 2.24) is 5.48 Å². The number of aliphatic hydroxyl groups is 1. The van der Waals surface area contributed by atoms with E-state index in [9.17, 15) is 5.11 Å². The summed E-state index contributed by atoms with van der Waals surface area (Å²) in [6.07, 6.45) is 5.69. The van der Waals surface area contributed by atoms with Crippen LogP contribution in [0.2, 0.25) is 0 Å². The average molecular weight is 145 g/mol. The standard InChI is InChI=1S/C7H15NO2/c9-7(8-10)5-3-1-2-4-6-7/h8-10H,1-6H2. The molecule has 0 radical (unpaired) electrons. The van der Waals surface area contributed by atoms with Crippen LogP contribution >= 0.6 is 0 Å². The lowest BCUT2D eigenvalue weighted by Crippen LogP contribution is -2.42. The zero-order chi connectivity index (χ0) is 7.45. The van der Waals surface area contributed by atoms with Gasteiger partial charge in [0.1, 0.15) is 5.72 Å². The Bertz CT molecular complexity index is 97.8. The van der Waals surface area contributed by atoms with E-state index in [1.807, 2.05) is 5.48 Å². The van der Waals surface area contributed by atoms with Crippen molar-refractivity contribution >= 4 is 0 Å². The first-order valence-electron chi connectivity index (χ1n) is 3.90. The molecule has 0 aromatic rings. The molecule has 60 valence electrons. The molecule has 0 spiro atoms. The minimum Gasteiger partial charge on any atom is -0.374 e. The Morgan fingerprint density at radius 3 is 1.90 bits per heavy atom. The largest absolute Gasteiger partial charge is 0.374 e. The van der Waals surface area contributed by atoms with Crippen LogP contribution in [0.1, 0.15) is 38.5 Å². The van der Waals surface area contributed by atoms with Gasteiger partial charge in [-0.2, -0.15) is 5.48 Å². The summed E-state index contributed by atoms with van der Waals surface area (Å²) in [7, 11) is 0. The van der Waals surface area contributed by atoms with E-state index >= 15 is 0 Å². The van der Waals surface area contributed by atoms with Gasteiger partial charge < -0.3 is 10.3 Å². The third-order valence-electron chi connectivity index (χ3n) is 2.14. The molecular weight excluding hydrogens is 130 g/mol. The van der Waals surface area contributed by atoms with Crippen LogP contribution in [-0.4, -0.2) is 16.0 Å². The fourth-order valence-corrected chi connectivity index (χ4v) is 1.43. The topological polar surface area (TPSA) is 52.5 Å². The monoisotopic (exact) mass is 145 g/mol. The van der Waals surface area contributed by atoms with Crippen molar-refractivity contribution < 1.29 is 10.3 Å². The van der Waals surface area contributed by atoms with Crippen LogP contribution in [0.5, 0.6) is 0 Å². The van der Waals surface area contributed by atoms with E-state index < -0.39 is 5.72 Å². The molecule has 1 saturated carbocycles. The third-order valence-corrected chi connectivity index (χ3v) is 2.14. The Labute approximate surface area is 61.0 Å². The second kappa shape index (κ2) is 3.32. The molecule has 0 aromatic heterocycles. The van der Waals surface area contributed by atoms with Crippen molar-refractivity contribution in [3.8, 4) is 0 Å². The van der Waals surface area contributed by atoms with Gasteiger partial charge in [0, 0.05) is 0 Å². The summed E-state index contributed by atoms with van der Waals surface area (Å²) in [5, 5.41) is 18.1. The fraction of sp³-hybridized carbons (Fsp3) is 1.00. The lowest BCUT2D eigenvalue weighted by Gasteiger charge is -2.23. The van der Waals surface area contributed by atoms with E-state index in [1.54, 1.807) is 0 Å². The van der Waals surface area contributed by atoms with Gasteiger partial charge >= 0.3 is 0 Å². The van der Waals surface area contributed by atoms with Crippen molar-refractivity contribution in [2.75, 3.05) is 0 Å². The highest BCUT2D eigenvalue weighted by Gasteiger charge is 2.26. The minimum atomic E-state index is -0.990. The van der Waals surface area contributed by atoms with E-state index in [0.29, 0.717) is 12.8 Å². The Kier molecular flexibility index (Phi) is 2.65. The molecule has 3 nitrogen and oxygen atoms in total. The van der Waals surface area contributed by atoms with Crippen LogP contribution in [-0.2, 0) is 0 Å². The van der Waals surface area contributed by atoms with E-state index in [-0.39, 0.29) is 0 Å². The molecular formula is C7H15NO2. The second-order valence-corrected chi connectivity index (χ2v) is 3.06. The highest BCUT2D eigenvalue weighted by atomic mass is 16.5. The van der Waals surface area contributed by atoms with Crippen LogP contribution in [0, 0.1) is 0 Å². The summed E-state index contributed by atoms with van der Waals surface area (Å²) in [4.78, 5) is 0. The number of nitrogens with one attached hydrogen (secondary N) is 1. The lowest BCUT2D eigenvalue weighted by atomic mass is 10.1. The van der Waals surface area contributed by atoms with Gasteiger partial charge in [-0.15, -0.1) is 0 Å². The zero-order valence-electron chi connectivity index (χ0n) is 6.14. The summed E-state index contributed by atoms with van der Waals surface area (Å²) in [5.41, 5.74) is 0.986. The van der Waals surface area contributed by atoms with E-state index in [1.165, 1.54) is 12.8 Å². The van der Waals surface area contributed by atoms with Crippen LogP contribution in [0.4, 0.5) is 0 Å². The number of hydrogen-bond donors (Lipinski definition) is 3. The summed E-state index contributed by atoms with van der Waals surface area (Å²) in [5.74, 6) is 0. The summed E-state index contributed by atoms with van der Waals surface area (Å²) >= 11 is 0. The molecule has 3 N–H and O–H groups in total. The van der Waals surface area contributed by atoms with Crippen molar-refractivity contribution in [1.29, 1.82) is 0 Å². The SMILES string of the molecule is ONC1(O)CCCCCC1. The number of rotatable bonds is 1. The smallest absolute Gasteiger partial charge is 0.137 e.